The molecule has 0 saturated heterocycles. The van der Waals surface area contributed by atoms with E-state index in [1.807, 2.05) is 39.5 Å². The highest BCUT2D eigenvalue weighted by Crippen LogP contribution is 2.41. The number of rotatable bonds is 0. The number of carbonyl (C=O) groups is 1. The van der Waals surface area contributed by atoms with Crippen LogP contribution in [0.2, 0.25) is 0 Å². The fourth-order valence-corrected chi connectivity index (χ4v) is 2.63. The summed E-state index contributed by atoms with van der Waals surface area (Å²) in [5, 5.41) is 0. The van der Waals surface area contributed by atoms with Gasteiger partial charge in [-0.1, -0.05) is 24.3 Å². The summed E-state index contributed by atoms with van der Waals surface area (Å²) in [5.41, 5.74) is 2.31. The predicted octanol–water partition coefficient (Wildman–Crippen LogP) is 3.71. The van der Waals surface area contributed by atoms with Gasteiger partial charge in [-0.3, -0.25) is 3.11 Å². The highest BCUT2D eigenvalue weighted by Gasteiger charge is 2.24. The van der Waals surface area contributed by atoms with Crippen LogP contribution in [0.25, 0.3) is 0 Å². The Hall–Kier alpha value is -1.56. The summed E-state index contributed by atoms with van der Waals surface area (Å²) < 4.78 is 7.31. The second kappa shape index (κ2) is 4.03. The maximum atomic E-state index is 12.0. The fourth-order valence-electron chi connectivity index (χ4n) is 1.81. The van der Waals surface area contributed by atoms with Crippen LogP contribution in [-0.4, -0.2) is 5.97 Å². The molecule has 1 aliphatic rings. The first kappa shape index (κ1) is 10.6. The third kappa shape index (κ3) is 1.68. The van der Waals surface area contributed by atoms with Crippen molar-refractivity contribution in [1.29, 1.82) is 0 Å². The van der Waals surface area contributed by atoms with Crippen LogP contribution in [0.15, 0.2) is 48.5 Å². The summed E-state index contributed by atoms with van der Waals surface area (Å²) in [7, 11) is 0. The van der Waals surface area contributed by atoms with Gasteiger partial charge < -0.3 is 4.74 Å². The van der Waals surface area contributed by atoms with E-state index in [2.05, 4.69) is 22.9 Å². The van der Waals surface area contributed by atoms with E-state index < -0.39 is 0 Å². The van der Waals surface area contributed by atoms with Crippen LogP contribution in [0.1, 0.15) is 10.4 Å². The van der Waals surface area contributed by atoms with Gasteiger partial charge >= 0.3 is 5.97 Å². The van der Waals surface area contributed by atoms with E-state index in [9.17, 15) is 4.79 Å². The number of nitrogens with zero attached hydrogens (tertiary/aromatic N) is 1. The van der Waals surface area contributed by atoms with E-state index in [1.54, 1.807) is 12.1 Å². The minimum atomic E-state index is -0.313. The monoisotopic (exact) mass is 337 g/mol. The summed E-state index contributed by atoms with van der Waals surface area (Å²) in [6, 6.07) is 14.9. The molecule has 0 bridgehead atoms. The number of benzene rings is 2. The molecule has 0 atom stereocenters. The molecule has 0 aromatic heterocycles. The standard InChI is InChI=1S/C13H8INO2/c14-15-10-6-2-1-5-9(10)13(16)17-12-8-4-3-7-11(12)15/h1-8H. The summed E-state index contributed by atoms with van der Waals surface area (Å²) in [6.07, 6.45) is 0. The molecule has 1 heterocycles. The van der Waals surface area contributed by atoms with Gasteiger partial charge in [0.25, 0.3) is 0 Å². The Morgan fingerprint density at radius 1 is 0.941 bits per heavy atom. The van der Waals surface area contributed by atoms with Gasteiger partial charge in [0.1, 0.15) is 0 Å². The Kier molecular flexibility index (Phi) is 2.51. The van der Waals surface area contributed by atoms with E-state index in [1.165, 1.54) is 0 Å². The number of para-hydroxylation sites is 3. The van der Waals surface area contributed by atoms with Gasteiger partial charge in [-0.25, -0.2) is 4.79 Å². The first-order chi connectivity index (χ1) is 8.27. The Morgan fingerprint density at radius 3 is 2.41 bits per heavy atom. The van der Waals surface area contributed by atoms with Crippen molar-refractivity contribution in [2.24, 2.45) is 0 Å². The lowest BCUT2D eigenvalue weighted by atomic mass is 10.2. The van der Waals surface area contributed by atoms with Crippen LogP contribution >= 0.6 is 22.9 Å². The first-order valence-corrected chi connectivity index (χ1v) is 6.10. The molecular weight excluding hydrogens is 329 g/mol. The average molecular weight is 337 g/mol. The summed E-state index contributed by atoms with van der Waals surface area (Å²) in [5.74, 6) is 0.273. The number of carbonyl (C=O) groups excluding carboxylic acids is 1. The van der Waals surface area contributed by atoms with Gasteiger partial charge in [-0.2, -0.15) is 0 Å². The number of hydrogen-bond donors (Lipinski definition) is 0. The Balaban J connectivity index is 2.26. The minimum absolute atomic E-state index is 0.313. The minimum Gasteiger partial charge on any atom is -0.421 e. The molecule has 84 valence electrons. The van der Waals surface area contributed by atoms with E-state index in [-0.39, 0.29) is 5.97 Å². The molecule has 1 aliphatic heterocycles. The SMILES string of the molecule is O=C1Oc2ccccc2N(I)c2ccccc21. The molecule has 0 radical (unpaired) electrons. The van der Waals surface area contributed by atoms with Crippen molar-refractivity contribution >= 4 is 40.2 Å². The maximum Gasteiger partial charge on any atom is 0.345 e. The third-order valence-corrected chi connectivity index (χ3v) is 3.65. The lowest BCUT2D eigenvalue weighted by Crippen LogP contribution is -2.07. The van der Waals surface area contributed by atoms with Gasteiger partial charge in [0.2, 0.25) is 0 Å². The second-order valence-corrected chi connectivity index (χ2v) is 4.62. The van der Waals surface area contributed by atoms with E-state index >= 15 is 0 Å². The summed E-state index contributed by atoms with van der Waals surface area (Å²) in [6.45, 7) is 0. The Labute approximate surface area is 113 Å². The first-order valence-electron chi connectivity index (χ1n) is 5.13. The number of ether oxygens (including phenoxy) is 1. The molecule has 2 aromatic rings. The molecule has 17 heavy (non-hydrogen) atoms. The van der Waals surface area contributed by atoms with Crippen molar-refractivity contribution < 1.29 is 9.53 Å². The molecule has 0 amide bonds. The molecular formula is C13H8INO2. The summed E-state index contributed by atoms with van der Waals surface area (Å²) in [4.78, 5) is 12.0. The highest BCUT2D eigenvalue weighted by atomic mass is 127. The third-order valence-electron chi connectivity index (χ3n) is 2.61. The van der Waals surface area contributed by atoms with Crippen LogP contribution in [-0.2, 0) is 0 Å². The topological polar surface area (TPSA) is 29.5 Å². The number of halogens is 1. The number of anilines is 2. The van der Waals surface area contributed by atoms with Crippen molar-refractivity contribution in [3.8, 4) is 5.75 Å². The van der Waals surface area contributed by atoms with E-state index in [0.29, 0.717) is 11.3 Å². The van der Waals surface area contributed by atoms with Crippen LogP contribution in [0.3, 0.4) is 0 Å². The van der Waals surface area contributed by atoms with Crippen LogP contribution in [0.4, 0.5) is 11.4 Å². The maximum absolute atomic E-state index is 12.0. The quantitative estimate of drug-likeness (QED) is 0.318. The number of fused-ring (bicyclic) bond motifs is 2. The van der Waals surface area contributed by atoms with Gasteiger partial charge in [-0.15, -0.1) is 0 Å². The van der Waals surface area contributed by atoms with Crippen LogP contribution < -0.4 is 7.85 Å². The summed E-state index contributed by atoms with van der Waals surface area (Å²) >= 11 is 2.18. The lowest BCUT2D eigenvalue weighted by Gasteiger charge is -2.16. The van der Waals surface area contributed by atoms with Gasteiger partial charge in [0, 0.05) is 0 Å². The highest BCUT2D eigenvalue weighted by molar-refractivity contribution is 14.1. The second-order valence-electron chi connectivity index (χ2n) is 3.66. The zero-order valence-electron chi connectivity index (χ0n) is 8.76. The lowest BCUT2D eigenvalue weighted by molar-refractivity contribution is 0.0738. The van der Waals surface area contributed by atoms with Crippen molar-refractivity contribution in [3.05, 3.63) is 54.1 Å². The van der Waals surface area contributed by atoms with E-state index in [4.69, 9.17) is 4.74 Å². The van der Waals surface area contributed by atoms with Gasteiger partial charge in [0.05, 0.1) is 39.8 Å². The Bertz CT molecular complexity index is 597. The van der Waals surface area contributed by atoms with Crippen molar-refractivity contribution in [2.45, 2.75) is 0 Å². The molecule has 3 rings (SSSR count). The molecule has 0 aliphatic carbocycles. The molecule has 2 aromatic carbocycles. The molecule has 0 N–H and O–H groups in total. The zero-order chi connectivity index (χ0) is 11.8. The van der Waals surface area contributed by atoms with Crippen molar-refractivity contribution in [2.75, 3.05) is 3.11 Å². The normalized spacial score (nSPS) is 13.5. The Morgan fingerprint density at radius 2 is 1.59 bits per heavy atom. The molecule has 0 fully saturated rings. The van der Waals surface area contributed by atoms with Crippen molar-refractivity contribution in [3.63, 3.8) is 0 Å². The molecule has 0 spiro atoms. The van der Waals surface area contributed by atoms with Gasteiger partial charge in [0.15, 0.2) is 5.75 Å². The predicted molar refractivity (Wildman–Crippen MR) is 74.0 cm³/mol. The van der Waals surface area contributed by atoms with Crippen molar-refractivity contribution in [1.82, 2.24) is 0 Å². The van der Waals surface area contributed by atoms with Crippen LogP contribution in [0, 0.1) is 0 Å². The fraction of sp³-hybridized carbons (Fsp3) is 0. The van der Waals surface area contributed by atoms with Gasteiger partial charge in [-0.05, 0) is 24.3 Å². The number of esters is 1. The molecule has 0 unspecified atom stereocenters. The molecule has 0 saturated carbocycles. The molecule has 4 heteroatoms. The zero-order valence-corrected chi connectivity index (χ0v) is 10.9. The smallest absolute Gasteiger partial charge is 0.345 e. The average Bonchev–Trinajstić information content (AvgIpc) is 2.48. The van der Waals surface area contributed by atoms with Crippen LogP contribution in [0.5, 0.6) is 5.75 Å². The largest absolute Gasteiger partial charge is 0.421 e. The molecule has 3 nitrogen and oxygen atoms in total. The number of hydrogen-bond acceptors (Lipinski definition) is 3. The van der Waals surface area contributed by atoms with E-state index in [0.717, 1.165) is 11.4 Å².